The van der Waals surface area contributed by atoms with E-state index in [2.05, 4.69) is 22.1 Å². The van der Waals surface area contributed by atoms with Gasteiger partial charge in [0.05, 0.1) is 12.7 Å². The van der Waals surface area contributed by atoms with E-state index in [9.17, 15) is 0 Å². The molecule has 0 spiro atoms. The summed E-state index contributed by atoms with van der Waals surface area (Å²) in [5.41, 5.74) is 2.26. The number of aromatic nitrogens is 1. The lowest BCUT2D eigenvalue weighted by Gasteiger charge is -2.09. The van der Waals surface area contributed by atoms with Gasteiger partial charge >= 0.3 is 0 Å². The Hall–Kier alpha value is -3.14. The standard InChI is InChI=1S/C12H11NO.C10H11NO/c1-2-6-12-13-9-11(14-12)10-7-4-3-5-8-10;1-8-11-7-10(12-8)9-5-3-2-4-6-9/h2-9H,1H3;2-6,10H,7H2,1H3/b6-2+;. The van der Waals surface area contributed by atoms with Crippen molar-refractivity contribution in [2.75, 3.05) is 6.54 Å². The first-order valence-corrected chi connectivity index (χ1v) is 8.63. The van der Waals surface area contributed by atoms with E-state index >= 15 is 0 Å². The summed E-state index contributed by atoms with van der Waals surface area (Å²) < 4.78 is 11.0. The molecule has 0 amide bonds. The van der Waals surface area contributed by atoms with E-state index in [0.29, 0.717) is 5.89 Å². The van der Waals surface area contributed by atoms with Crippen molar-refractivity contribution in [2.24, 2.45) is 4.99 Å². The first-order chi connectivity index (χ1) is 12.8. The molecule has 1 atom stereocenters. The third-order valence-corrected chi connectivity index (χ3v) is 3.86. The highest BCUT2D eigenvalue weighted by atomic mass is 16.5. The summed E-state index contributed by atoms with van der Waals surface area (Å²) >= 11 is 0. The van der Waals surface area contributed by atoms with E-state index in [1.165, 1.54) is 5.56 Å². The maximum atomic E-state index is 5.51. The van der Waals surface area contributed by atoms with E-state index in [1.54, 1.807) is 6.20 Å². The van der Waals surface area contributed by atoms with E-state index in [4.69, 9.17) is 9.15 Å². The average Bonchev–Trinajstić information content (AvgIpc) is 3.33. The molecule has 4 rings (SSSR count). The molecule has 1 unspecified atom stereocenters. The van der Waals surface area contributed by atoms with Crippen LogP contribution in [0.1, 0.15) is 31.4 Å². The summed E-state index contributed by atoms with van der Waals surface area (Å²) in [6.45, 7) is 4.59. The second-order valence-corrected chi connectivity index (χ2v) is 5.81. The molecule has 0 fully saturated rings. The summed E-state index contributed by atoms with van der Waals surface area (Å²) in [6.07, 6.45) is 5.63. The molecular formula is C22H22N2O2. The van der Waals surface area contributed by atoms with Gasteiger partial charge in [0.25, 0.3) is 0 Å². The molecule has 4 heteroatoms. The minimum atomic E-state index is 0.145. The normalized spacial score (nSPS) is 15.9. The van der Waals surface area contributed by atoms with Crippen molar-refractivity contribution in [1.29, 1.82) is 0 Å². The molecule has 4 nitrogen and oxygen atoms in total. The molecule has 3 aromatic rings. The quantitative estimate of drug-likeness (QED) is 0.624. The zero-order valence-electron chi connectivity index (χ0n) is 15.0. The van der Waals surface area contributed by atoms with E-state index in [0.717, 1.165) is 23.8 Å². The van der Waals surface area contributed by atoms with Crippen molar-refractivity contribution >= 4 is 12.0 Å². The Labute approximate surface area is 153 Å². The van der Waals surface area contributed by atoms with Gasteiger partial charge in [0.15, 0.2) is 11.7 Å². The fraction of sp³-hybridized carbons (Fsp3) is 0.182. The van der Waals surface area contributed by atoms with Gasteiger partial charge < -0.3 is 9.15 Å². The van der Waals surface area contributed by atoms with Gasteiger partial charge in [0.1, 0.15) is 6.10 Å². The molecule has 132 valence electrons. The zero-order chi connectivity index (χ0) is 18.2. The number of hydrogen-bond donors (Lipinski definition) is 0. The molecule has 0 bridgehead atoms. The van der Waals surface area contributed by atoms with Gasteiger partial charge in [0.2, 0.25) is 5.89 Å². The number of hydrogen-bond acceptors (Lipinski definition) is 4. The molecule has 2 heterocycles. The van der Waals surface area contributed by atoms with Crippen molar-refractivity contribution in [3.8, 4) is 11.3 Å². The van der Waals surface area contributed by atoms with Gasteiger partial charge in [0, 0.05) is 12.5 Å². The van der Waals surface area contributed by atoms with Crippen molar-refractivity contribution in [3.05, 3.63) is 84.4 Å². The van der Waals surface area contributed by atoms with Crippen LogP contribution >= 0.6 is 0 Å². The van der Waals surface area contributed by atoms with Crippen molar-refractivity contribution < 1.29 is 9.15 Å². The molecule has 0 saturated carbocycles. The first-order valence-electron chi connectivity index (χ1n) is 8.63. The third kappa shape index (κ3) is 4.70. The predicted octanol–water partition coefficient (Wildman–Crippen LogP) is 5.55. The summed E-state index contributed by atoms with van der Waals surface area (Å²) in [5, 5.41) is 0. The average molecular weight is 346 g/mol. The van der Waals surface area contributed by atoms with Crippen LogP contribution in [0.4, 0.5) is 0 Å². The molecule has 1 aromatic heterocycles. The maximum absolute atomic E-state index is 5.51. The minimum Gasteiger partial charge on any atom is -0.471 e. The maximum Gasteiger partial charge on any atom is 0.219 e. The van der Waals surface area contributed by atoms with Crippen LogP contribution in [0.5, 0.6) is 0 Å². The Morgan fingerprint density at radius 2 is 1.69 bits per heavy atom. The SMILES string of the molecule is C/C=C/c1ncc(-c2ccccc2)o1.CC1=NCC(c2ccccc2)O1. The predicted molar refractivity (Wildman–Crippen MR) is 105 cm³/mol. The van der Waals surface area contributed by atoms with Gasteiger partial charge in [-0.3, -0.25) is 4.99 Å². The zero-order valence-corrected chi connectivity index (χ0v) is 15.0. The van der Waals surface area contributed by atoms with E-state index in [1.807, 2.05) is 74.5 Å². The van der Waals surface area contributed by atoms with Crippen molar-refractivity contribution in [3.63, 3.8) is 0 Å². The van der Waals surface area contributed by atoms with Crippen LogP contribution in [0.2, 0.25) is 0 Å². The number of nitrogens with zero attached hydrogens (tertiary/aromatic N) is 2. The first kappa shape index (κ1) is 17.7. The lowest BCUT2D eigenvalue weighted by molar-refractivity contribution is 0.228. The molecule has 2 aromatic carbocycles. The Morgan fingerprint density at radius 1 is 1.00 bits per heavy atom. The van der Waals surface area contributed by atoms with E-state index < -0.39 is 0 Å². The number of aliphatic imine (C=N–C) groups is 1. The summed E-state index contributed by atoms with van der Waals surface area (Å²) in [7, 11) is 0. The lowest BCUT2D eigenvalue weighted by atomic mass is 10.1. The minimum absolute atomic E-state index is 0.145. The molecule has 1 aliphatic heterocycles. The molecular weight excluding hydrogens is 324 g/mol. The van der Waals surface area contributed by atoms with E-state index in [-0.39, 0.29) is 6.10 Å². The van der Waals surface area contributed by atoms with Crippen LogP contribution in [0.15, 0.2) is 82.3 Å². The summed E-state index contributed by atoms with van der Waals surface area (Å²) in [5.74, 6) is 2.24. The largest absolute Gasteiger partial charge is 0.471 e. The van der Waals surface area contributed by atoms with Crippen LogP contribution in [0.25, 0.3) is 17.4 Å². The number of oxazole rings is 1. The summed E-state index contributed by atoms with van der Waals surface area (Å²) in [6, 6.07) is 20.1. The highest BCUT2D eigenvalue weighted by molar-refractivity contribution is 5.74. The van der Waals surface area contributed by atoms with Gasteiger partial charge in [-0.2, -0.15) is 0 Å². The second-order valence-electron chi connectivity index (χ2n) is 5.81. The monoisotopic (exact) mass is 346 g/mol. The highest BCUT2D eigenvalue weighted by Gasteiger charge is 2.17. The molecule has 0 aliphatic carbocycles. The van der Waals surface area contributed by atoms with Crippen LogP contribution in [0.3, 0.4) is 0 Å². The lowest BCUT2D eigenvalue weighted by Crippen LogP contribution is -2.02. The highest BCUT2D eigenvalue weighted by Crippen LogP contribution is 2.22. The van der Waals surface area contributed by atoms with Crippen LogP contribution < -0.4 is 0 Å². The van der Waals surface area contributed by atoms with Crippen LogP contribution in [-0.2, 0) is 4.74 Å². The Balaban J connectivity index is 0.000000152. The molecule has 1 aliphatic rings. The Morgan fingerprint density at radius 3 is 2.31 bits per heavy atom. The molecule has 26 heavy (non-hydrogen) atoms. The number of benzene rings is 2. The Bertz CT molecular complexity index is 867. The van der Waals surface area contributed by atoms with Gasteiger partial charge in [-0.15, -0.1) is 0 Å². The van der Waals surface area contributed by atoms with Crippen molar-refractivity contribution in [1.82, 2.24) is 4.98 Å². The van der Waals surface area contributed by atoms with Crippen LogP contribution in [0, 0.1) is 0 Å². The Kier molecular flexibility index (Phi) is 5.99. The topological polar surface area (TPSA) is 47.6 Å². The fourth-order valence-corrected chi connectivity index (χ4v) is 2.58. The second kappa shape index (κ2) is 8.81. The van der Waals surface area contributed by atoms with Gasteiger partial charge in [-0.25, -0.2) is 4.98 Å². The molecule has 0 radical (unpaired) electrons. The molecule has 0 saturated heterocycles. The summed E-state index contributed by atoms with van der Waals surface area (Å²) in [4.78, 5) is 8.32. The fourth-order valence-electron chi connectivity index (χ4n) is 2.58. The van der Waals surface area contributed by atoms with Crippen molar-refractivity contribution in [2.45, 2.75) is 20.0 Å². The van der Waals surface area contributed by atoms with Crippen LogP contribution in [-0.4, -0.2) is 17.4 Å². The number of allylic oxidation sites excluding steroid dienone is 1. The smallest absolute Gasteiger partial charge is 0.219 e. The third-order valence-electron chi connectivity index (χ3n) is 3.86. The van der Waals surface area contributed by atoms with Gasteiger partial charge in [-0.05, 0) is 18.6 Å². The number of rotatable bonds is 3. The number of ether oxygens (including phenoxy) is 1. The molecule has 0 N–H and O–H groups in total. The van der Waals surface area contributed by atoms with Gasteiger partial charge in [-0.1, -0.05) is 66.7 Å².